The molecule has 1 aromatic carbocycles. The highest BCUT2D eigenvalue weighted by molar-refractivity contribution is 6.00. The van der Waals surface area contributed by atoms with Gasteiger partial charge in [0.1, 0.15) is 11.9 Å². The van der Waals surface area contributed by atoms with Crippen LogP contribution in [-0.2, 0) is 4.74 Å². The van der Waals surface area contributed by atoms with Crippen molar-refractivity contribution in [3.8, 4) is 5.75 Å². The highest BCUT2D eigenvalue weighted by atomic mass is 16.5. The van der Waals surface area contributed by atoms with Gasteiger partial charge in [0.05, 0.1) is 18.6 Å². The molecule has 0 atom stereocenters. The molecule has 0 unspecified atom stereocenters. The number of nitrogens with one attached hydrogen (secondary N) is 1. The first-order chi connectivity index (χ1) is 8.88. The third-order valence-corrected chi connectivity index (χ3v) is 3.29. The highest BCUT2D eigenvalue weighted by Gasteiger charge is 2.17. The number of aromatic nitrogens is 1. The fraction of sp³-hybridized carbons (Fsp3) is 0.357. The summed E-state index contributed by atoms with van der Waals surface area (Å²) in [6.45, 7) is 1.49. The van der Waals surface area contributed by atoms with E-state index in [1.54, 1.807) is 6.20 Å². The van der Waals surface area contributed by atoms with Crippen molar-refractivity contribution in [2.75, 3.05) is 13.2 Å². The van der Waals surface area contributed by atoms with Crippen molar-refractivity contribution in [2.45, 2.75) is 18.9 Å². The van der Waals surface area contributed by atoms with E-state index >= 15 is 0 Å². The quantitative estimate of drug-likeness (QED) is 0.845. The van der Waals surface area contributed by atoms with Crippen molar-refractivity contribution in [1.82, 2.24) is 4.98 Å². The van der Waals surface area contributed by atoms with E-state index in [0.717, 1.165) is 49.0 Å². The van der Waals surface area contributed by atoms with Gasteiger partial charge in [0.2, 0.25) is 0 Å². The molecule has 4 heteroatoms. The van der Waals surface area contributed by atoms with Crippen molar-refractivity contribution in [1.29, 1.82) is 0 Å². The Bertz CT molecular complexity index is 555. The van der Waals surface area contributed by atoms with Gasteiger partial charge in [0.25, 0.3) is 0 Å². The van der Waals surface area contributed by atoms with E-state index in [0.29, 0.717) is 5.56 Å². The molecule has 94 valence electrons. The predicted molar refractivity (Wildman–Crippen MR) is 68.2 cm³/mol. The minimum atomic E-state index is 0.179. The van der Waals surface area contributed by atoms with Gasteiger partial charge in [-0.05, 0) is 12.1 Å². The minimum absolute atomic E-state index is 0.179. The summed E-state index contributed by atoms with van der Waals surface area (Å²) < 4.78 is 11.3. The second kappa shape index (κ2) is 4.82. The molecule has 0 aliphatic carbocycles. The molecule has 0 radical (unpaired) electrons. The summed E-state index contributed by atoms with van der Waals surface area (Å²) in [7, 11) is 0. The summed E-state index contributed by atoms with van der Waals surface area (Å²) in [6.07, 6.45) is 4.55. The number of carbonyl (C=O) groups is 1. The number of fused-ring (bicyclic) bond motifs is 1. The van der Waals surface area contributed by atoms with Gasteiger partial charge in [-0.25, -0.2) is 0 Å². The van der Waals surface area contributed by atoms with Crippen molar-refractivity contribution in [3.63, 3.8) is 0 Å². The standard InChI is InChI=1S/C14H15NO3/c16-9-10-8-15-12-2-1-3-13(14(10)12)18-11-4-6-17-7-5-11/h1-3,8-9,11,15H,4-7H2. The van der Waals surface area contributed by atoms with Crippen molar-refractivity contribution in [3.05, 3.63) is 30.0 Å². The lowest BCUT2D eigenvalue weighted by molar-refractivity contribution is 0.0262. The number of carbonyl (C=O) groups excluding carboxylic acids is 1. The normalized spacial score (nSPS) is 16.9. The summed E-state index contributed by atoms with van der Waals surface area (Å²) in [5.74, 6) is 0.780. The van der Waals surface area contributed by atoms with Gasteiger partial charge in [-0.3, -0.25) is 4.79 Å². The number of aromatic amines is 1. The smallest absolute Gasteiger partial charge is 0.152 e. The lowest BCUT2D eigenvalue weighted by Crippen LogP contribution is -2.25. The lowest BCUT2D eigenvalue weighted by Gasteiger charge is -2.23. The summed E-state index contributed by atoms with van der Waals surface area (Å²) in [5.41, 5.74) is 1.58. The van der Waals surface area contributed by atoms with Crippen LogP contribution in [0, 0.1) is 0 Å². The summed E-state index contributed by atoms with van der Waals surface area (Å²) >= 11 is 0. The molecule has 18 heavy (non-hydrogen) atoms. The maximum Gasteiger partial charge on any atom is 0.152 e. The molecule has 1 fully saturated rings. The van der Waals surface area contributed by atoms with Gasteiger partial charge in [-0.2, -0.15) is 0 Å². The van der Waals surface area contributed by atoms with E-state index in [1.807, 2.05) is 18.2 Å². The van der Waals surface area contributed by atoms with Crippen LogP contribution in [0.2, 0.25) is 0 Å². The van der Waals surface area contributed by atoms with E-state index in [9.17, 15) is 4.79 Å². The molecule has 2 heterocycles. The molecule has 0 spiro atoms. The van der Waals surface area contributed by atoms with Crippen LogP contribution >= 0.6 is 0 Å². The zero-order valence-electron chi connectivity index (χ0n) is 10.0. The number of ether oxygens (including phenoxy) is 2. The maximum absolute atomic E-state index is 11.0. The largest absolute Gasteiger partial charge is 0.490 e. The monoisotopic (exact) mass is 245 g/mol. The Morgan fingerprint density at radius 3 is 2.94 bits per heavy atom. The summed E-state index contributed by atoms with van der Waals surface area (Å²) in [5, 5.41) is 0.874. The first kappa shape index (κ1) is 11.3. The molecule has 1 saturated heterocycles. The van der Waals surface area contributed by atoms with Crippen LogP contribution in [-0.4, -0.2) is 30.6 Å². The van der Waals surface area contributed by atoms with Gasteiger partial charge in [0.15, 0.2) is 6.29 Å². The third-order valence-electron chi connectivity index (χ3n) is 3.29. The van der Waals surface area contributed by atoms with Crippen molar-refractivity contribution >= 4 is 17.2 Å². The van der Waals surface area contributed by atoms with Crippen LogP contribution in [0.4, 0.5) is 0 Å². The van der Waals surface area contributed by atoms with Crippen LogP contribution in [0.3, 0.4) is 0 Å². The molecule has 1 N–H and O–H groups in total. The Morgan fingerprint density at radius 2 is 2.17 bits per heavy atom. The van der Waals surface area contributed by atoms with Crippen LogP contribution in [0.1, 0.15) is 23.2 Å². The molecule has 0 saturated carbocycles. The number of aldehydes is 1. The zero-order valence-corrected chi connectivity index (χ0v) is 10.0. The fourth-order valence-corrected chi connectivity index (χ4v) is 2.34. The Labute approximate surface area is 105 Å². The fourth-order valence-electron chi connectivity index (χ4n) is 2.34. The molecular formula is C14H15NO3. The first-order valence-corrected chi connectivity index (χ1v) is 6.18. The summed E-state index contributed by atoms with van der Waals surface area (Å²) in [6, 6.07) is 5.79. The van der Waals surface area contributed by atoms with E-state index in [4.69, 9.17) is 9.47 Å². The topological polar surface area (TPSA) is 51.3 Å². The summed E-state index contributed by atoms with van der Waals surface area (Å²) in [4.78, 5) is 14.1. The molecule has 0 amide bonds. The second-order valence-corrected chi connectivity index (χ2v) is 4.47. The molecule has 1 aliphatic heterocycles. The van der Waals surface area contributed by atoms with Gasteiger partial charge >= 0.3 is 0 Å². The Balaban J connectivity index is 1.94. The zero-order chi connectivity index (χ0) is 12.4. The molecule has 4 nitrogen and oxygen atoms in total. The third kappa shape index (κ3) is 1.99. The number of benzene rings is 1. The second-order valence-electron chi connectivity index (χ2n) is 4.47. The highest BCUT2D eigenvalue weighted by Crippen LogP contribution is 2.29. The Morgan fingerprint density at radius 1 is 1.33 bits per heavy atom. The van der Waals surface area contributed by atoms with E-state index < -0.39 is 0 Å². The van der Waals surface area contributed by atoms with E-state index in [1.165, 1.54) is 0 Å². The van der Waals surface area contributed by atoms with E-state index in [2.05, 4.69) is 4.98 Å². The molecule has 1 aliphatic rings. The van der Waals surface area contributed by atoms with Crippen LogP contribution in [0.25, 0.3) is 10.9 Å². The van der Waals surface area contributed by atoms with Gasteiger partial charge < -0.3 is 14.5 Å². The molecule has 0 bridgehead atoms. The van der Waals surface area contributed by atoms with E-state index in [-0.39, 0.29) is 6.10 Å². The SMILES string of the molecule is O=Cc1c[nH]c2cccc(OC3CCOCC3)c12. The minimum Gasteiger partial charge on any atom is -0.490 e. The number of rotatable bonds is 3. The van der Waals surface area contributed by atoms with Gasteiger partial charge in [-0.1, -0.05) is 6.07 Å². The first-order valence-electron chi connectivity index (χ1n) is 6.18. The number of hydrogen-bond acceptors (Lipinski definition) is 3. The van der Waals surface area contributed by atoms with Crippen molar-refractivity contribution < 1.29 is 14.3 Å². The maximum atomic E-state index is 11.0. The average molecular weight is 245 g/mol. The number of hydrogen-bond donors (Lipinski definition) is 1. The van der Waals surface area contributed by atoms with Gasteiger partial charge in [-0.15, -0.1) is 0 Å². The molecular weight excluding hydrogens is 230 g/mol. The molecule has 3 rings (SSSR count). The average Bonchev–Trinajstić information content (AvgIpc) is 2.84. The molecule has 1 aromatic heterocycles. The molecule has 2 aromatic rings. The Hall–Kier alpha value is -1.81. The predicted octanol–water partition coefficient (Wildman–Crippen LogP) is 2.54. The van der Waals surface area contributed by atoms with Gasteiger partial charge in [0, 0.05) is 30.1 Å². The lowest BCUT2D eigenvalue weighted by atomic mass is 10.1. The van der Waals surface area contributed by atoms with Crippen LogP contribution in [0.15, 0.2) is 24.4 Å². The van der Waals surface area contributed by atoms with Crippen LogP contribution in [0.5, 0.6) is 5.75 Å². The number of H-pyrrole nitrogens is 1. The van der Waals surface area contributed by atoms with Crippen LogP contribution < -0.4 is 4.74 Å². The van der Waals surface area contributed by atoms with Crippen molar-refractivity contribution in [2.24, 2.45) is 0 Å². The Kier molecular flexibility index (Phi) is 3.02.